The molecule has 0 aromatic carbocycles. The van der Waals surface area contributed by atoms with Gasteiger partial charge in [0, 0.05) is 19.5 Å². The highest BCUT2D eigenvalue weighted by atomic mass is 19.3. The SMILES string of the molecule is N#CC1(CNC(=O)N2CCC(F)(F)C2)CCC1. The Bertz CT molecular complexity index is 360. The van der Waals surface area contributed by atoms with E-state index in [4.69, 9.17) is 5.26 Å². The van der Waals surface area contributed by atoms with Crippen LogP contribution in [0.15, 0.2) is 0 Å². The van der Waals surface area contributed by atoms with Crippen molar-refractivity contribution in [3.8, 4) is 6.07 Å². The number of halogens is 2. The summed E-state index contributed by atoms with van der Waals surface area (Å²) in [5, 5.41) is 11.6. The lowest BCUT2D eigenvalue weighted by Gasteiger charge is -2.35. The first-order valence-electron chi connectivity index (χ1n) is 5.78. The minimum Gasteiger partial charge on any atom is -0.336 e. The van der Waals surface area contributed by atoms with Gasteiger partial charge in [-0.3, -0.25) is 0 Å². The molecule has 0 bridgehead atoms. The topological polar surface area (TPSA) is 56.1 Å². The molecule has 6 heteroatoms. The molecule has 17 heavy (non-hydrogen) atoms. The average molecular weight is 243 g/mol. The summed E-state index contributed by atoms with van der Waals surface area (Å²) in [5.41, 5.74) is -0.460. The Balaban J connectivity index is 1.81. The molecule has 2 fully saturated rings. The van der Waals surface area contributed by atoms with Gasteiger partial charge in [0.1, 0.15) is 0 Å². The fraction of sp³-hybridized carbons (Fsp3) is 0.818. The molecule has 94 valence electrons. The Morgan fingerprint density at radius 2 is 2.12 bits per heavy atom. The largest absolute Gasteiger partial charge is 0.336 e. The number of amides is 2. The highest BCUT2D eigenvalue weighted by molar-refractivity contribution is 5.74. The van der Waals surface area contributed by atoms with Crippen molar-refractivity contribution >= 4 is 6.03 Å². The number of rotatable bonds is 2. The van der Waals surface area contributed by atoms with Gasteiger partial charge in [-0.15, -0.1) is 0 Å². The molecule has 0 unspecified atom stereocenters. The molecular weight excluding hydrogens is 228 g/mol. The van der Waals surface area contributed by atoms with Crippen LogP contribution in [0.25, 0.3) is 0 Å². The second-order valence-electron chi connectivity index (χ2n) is 4.93. The van der Waals surface area contributed by atoms with E-state index in [9.17, 15) is 13.6 Å². The van der Waals surface area contributed by atoms with E-state index in [-0.39, 0.29) is 19.5 Å². The number of nitriles is 1. The average Bonchev–Trinajstić information content (AvgIpc) is 2.58. The number of carbonyl (C=O) groups is 1. The Labute approximate surface area is 98.6 Å². The molecule has 2 aliphatic rings. The summed E-state index contributed by atoms with van der Waals surface area (Å²) in [6, 6.07) is 1.71. The zero-order valence-electron chi connectivity index (χ0n) is 9.51. The third kappa shape index (κ3) is 2.48. The minimum absolute atomic E-state index is 0.0817. The maximum atomic E-state index is 12.9. The molecule has 0 radical (unpaired) electrons. The van der Waals surface area contributed by atoms with Crippen molar-refractivity contribution in [1.82, 2.24) is 10.2 Å². The van der Waals surface area contributed by atoms with Crippen LogP contribution in [-0.2, 0) is 0 Å². The first-order valence-corrected chi connectivity index (χ1v) is 5.78. The molecule has 1 aliphatic heterocycles. The smallest absolute Gasteiger partial charge is 0.317 e. The fourth-order valence-corrected chi connectivity index (χ4v) is 2.20. The van der Waals surface area contributed by atoms with Gasteiger partial charge in [0.05, 0.1) is 18.0 Å². The fourth-order valence-electron chi connectivity index (χ4n) is 2.20. The van der Waals surface area contributed by atoms with Crippen LogP contribution in [0.2, 0.25) is 0 Å². The number of nitrogens with zero attached hydrogens (tertiary/aromatic N) is 2. The van der Waals surface area contributed by atoms with Crippen LogP contribution in [0.5, 0.6) is 0 Å². The molecule has 0 aromatic rings. The van der Waals surface area contributed by atoms with E-state index in [0.29, 0.717) is 0 Å². The Hall–Kier alpha value is -1.38. The number of hydrogen-bond acceptors (Lipinski definition) is 2. The van der Waals surface area contributed by atoms with Crippen molar-refractivity contribution < 1.29 is 13.6 Å². The summed E-state index contributed by atoms with van der Waals surface area (Å²) in [7, 11) is 0. The molecule has 1 heterocycles. The van der Waals surface area contributed by atoms with Crippen molar-refractivity contribution in [2.45, 2.75) is 31.6 Å². The molecule has 1 aliphatic carbocycles. The monoisotopic (exact) mass is 243 g/mol. The van der Waals surface area contributed by atoms with Crippen LogP contribution in [-0.4, -0.2) is 36.5 Å². The molecule has 1 saturated heterocycles. The maximum Gasteiger partial charge on any atom is 0.317 e. The summed E-state index contributed by atoms with van der Waals surface area (Å²) in [5.74, 6) is -2.76. The van der Waals surface area contributed by atoms with Gasteiger partial charge in [-0.2, -0.15) is 5.26 Å². The van der Waals surface area contributed by atoms with Crippen molar-refractivity contribution in [3.05, 3.63) is 0 Å². The number of carbonyl (C=O) groups excluding carboxylic acids is 1. The van der Waals surface area contributed by atoms with Crippen molar-refractivity contribution in [2.75, 3.05) is 19.6 Å². The van der Waals surface area contributed by atoms with E-state index in [0.717, 1.165) is 24.2 Å². The number of urea groups is 1. The number of likely N-dealkylation sites (tertiary alicyclic amines) is 1. The molecular formula is C11H15F2N3O. The molecule has 0 aromatic heterocycles. The van der Waals surface area contributed by atoms with Gasteiger partial charge in [-0.05, 0) is 12.8 Å². The predicted octanol–water partition coefficient (Wildman–Crippen LogP) is 1.73. The van der Waals surface area contributed by atoms with Crippen LogP contribution < -0.4 is 5.32 Å². The van der Waals surface area contributed by atoms with E-state index in [1.54, 1.807) is 0 Å². The second-order valence-corrected chi connectivity index (χ2v) is 4.93. The molecule has 0 atom stereocenters. The normalized spacial score (nSPS) is 24.9. The van der Waals surface area contributed by atoms with Crippen LogP contribution in [0.1, 0.15) is 25.7 Å². The van der Waals surface area contributed by atoms with Crippen LogP contribution in [0.3, 0.4) is 0 Å². The second kappa shape index (κ2) is 4.13. The van der Waals surface area contributed by atoms with E-state index < -0.39 is 23.9 Å². The van der Waals surface area contributed by atoms with E-state index in [2.05, 4.69) is 11.4 Å². The predicted molar refractivity (Wildman–Crippen MR) is 56.4 cm³/mol. The zero-order chi connectivity index (χ0) is 12.5. The molecule has 2 rings (SSSR count). The summed E-state index contributed by atoms with van der Waals surface area (Å²) < 4.78 is 25.8. The molecule has 1 N–H and O–H groups in total. The van der Waals surface area contributed by atoms with Crippen molar-refractivity contribution in [2.24, 2.45) is 5.41 Å². The van der Waals surface area contributed by atoms with Gasteiger partial charge in [0.2, 0.25) is 0 Å². The Morgan fingerprint density at radius 1 is 1.41 bits per heavy atom. The number of nitrogens with one attached hydrogen (secondary N) is 1. The highest BCUT2D eigenvalue weighted by Crippen LogP contribution is 2.39. The first-order chi connectivity index (χ1) is 7.96. The quantitative estimate of drug-likeness (QED) is 0.803. The van der Waals surface area contributed by atoms with Gasteiger partial charge >= 0.3 is 6.03 Å². The van der Waals surface area contributed by atoms with Gasteiger partial charge in [0.25, 0.3) is 5.92 Å². The first kappa shape index (κ1) is 12.1. The standard InChI is InChI=1S/C11H15F2N3O/c12-11(13)4-5-16(8-11)9(17)15-7-10(6-14)2-1-3-10/h1-5,7-8H2,(H,15,17). The maximum absolute atomic E-state index is 12.9. The summed E-state index contributed by atoms with van der Waals surface area (Å²) in [4.78, 5) is 12.7. The van der Waals surface area contributed by atoms with Crippen LogP contribution >= 0.6 is 0 Å². The minimum atomic E-state index is -2.76. The Morgan fingerprint density at radius 3 is 2.53 bits per heavy atom. The molecule has 0 spiro atoms. The van der Waals surface area contributed by atoms with Crippen molar-refractivity contribution in [1.29, 1.82) is 5.26 Å². The van der Waals surface area contributed by atoms with Gasteiger partial charge < -0.3 is 10.2 Å². The van der Waals surface area contributed by atoms with Gasteiger partial charge in [0.15, 0.2) is 0 Å². The summed E-state index contributed by atoms with van der Waals surface area (Å²) >= 11 is 0. The summed E-state index contributed by atoms with van der Waals surface area (Å²) in [6.45, 7) is -0.165. The lowest BCUT2D eigenvalue weighted by atomic mass is 9.70. The third-order valence-electron chi connectivity index (χ3n) is 3.58. The molecule has 1 saturated carbocycles. The van der Waals surface area contributed by atoms with Gasteiger partial charge in [-0.25, -0.2) is 13.6 Å². The van der Waals surface area contributed by atoms with Gasteiger partial charge in [-0.1, -0.05) is 6.42 Å². The lowest BCUT2D eigenvalue weighted by Crippen LogP contribution is -2.46. The number of alkyl halides is 2. The third-order valence-corrected chi connectivity index (χ3v) is 3.58. The van der Waals surface area contributed by atoms with Crippen LogP contribution in [0.4, 0.5) is 13.6 Å². The number of hydrogen-bond donors (Lipinski definition) is 1. The Kier molecular flexibility index (Phi) is 2.94. The molecule has 2 amide bonds. The zero-order valence-corrected chi connectivity index (χ0v) is 9.51. The summed E-state index contributed by atoms with van der Waals surface area (Å²) in [6.07, 6.45) is 2.27. The van der Waals surface area contributed by atoms with Crippen LogP contribution in [0, 0.1) is 16.7 Å². The molecule has 4 nitrogen and oxygen atoms in total. The lowest BCUT2D eigenvalue weighted by molar-refractivity contribution is 0.0152. The van der Waals surface area contributed by atoms with E-state index >= 15 is 0 Å². The van der Waals surface area contributed by atoms with Crippen molar-refractivity contribution in [3.63, 3.8) is 0 Å². The van der Waals surface area contributed by atoms with E-state index in [1.807, 2.05) is 0 Å². The highest BCUT2D eigenvalue weighted by Gasteiger charge is 2.42. The van der Waals surface area contributed by atoms with E-state index in [1.165, 1.54) is 0 Å².